The number of amides is 1. The molecule has 1 unspecified atom stereocenters. The number of hydrogen-bond acceptors (Lipinski definition) is 4. The molecule has 0 aromatic heterocycles. The number of carbonyl (C=O) groups is 2. The fourth-order valence-corrected chi connectivity index (χ4v) is 3.56. The smallest absolute Gasteiger partial charge is 0.278 e. The molecule has 0 fully saturated rings. The minimum atomic E-state index is -0.843. The first-order chi connectivity index (χ1) is 13.8. The number of aliphatic hydroxyl groups is 2. The minimum absolute atomic E-state index is 0.0774. The molecule has 0 spiro atoms. The van der Waals surface area contributed by atoms with Crippen LogP contribution in [0.5, 0.6) is 0 Å². The number of carbonyl (C=O) groups excluding carboxylic acids is 2. The zero-order valence-corrected chi connectivity index (χ0v) is 19.5. The highest BCUT2D eigenvalue weighted by Crippen LogP contribution is 2.13. The lowest BCUT2D eigenvalue weighted by atomic mass is 10.0. The van der Waals surface area contributed by atoms with Gasteiger partial charge in [0.05, 0.1) is 34.4 Å². The predicted molar refractivity (Wildman–Crippen MR) is 119 cm³/mol. The summed E-state index contributed by atoms with van der Waals surface area (Å²) in [6.45, 7) is 1.93. The molecule has 0 saturated carbocycles. The molecule has 0 bridgehead atoms. The van der Waals surface area contributed by atoms with Gasteiger partial charge in [-0.2, -0.15) is 0 Å². The van der Waals surface area contributed by atoms with Gasteiger partial charge in [0.1, 0.15) is 6.04 Å². The second-order valence-corrected chi connectivity index (χ2v) is 9.21. The first-order valence-electron chi connectivity index (χ1n) is 11.6. The van der Waals surface area contributed by atoms with Crippen LogP contribution in [-0.4, -0.2) is 84.8 Å². The van der Waals surface area contributed by atoms with Gasteiger partial charge in [0, 0.05) is 13.0 Å². The molecule has 0 aromatic carbocycles. The summed E-state index contributed by atoms with van der Waals surface area (Å²) in [6, 6.07) is -0.843. The van der Waals surface area contributed by atoms with Crippen molar-refractivity contribution in [2.75, 3.05) is 47.4 Å². The average Bonchev–Trinajstić information content (AvgIpc) is 2.64. The molecule has 1 atom stereocenters. The van der Waals surface area contributed by atoms with Crippen molar-refractivity contribution in [2.45, 2.75) is 90.0 Å². The number of ketones is 1. The van der Waals surface area contributed by atoms with Crippen molar-refractivity contribution >= 4 is 11.7 Å². The van der Waals surface area contributed by atoms with Gasteiger partial charge in [-0.15, -0.1) is 0 Å². The van der Waals surface area contributed by atoms with Crippen molar-refractivity contribution in [1.29, 1.82) is 0 Å². The second kappa shape index (κ2) is 16.8. The molecule has 1 amide bonds. The summed E-state index contributed by atoms with van der Waals surface area (Å²) in [6.07, 6.45) is 13.8. The van der Waals surface area contributed by atoms with Gasteiger partial charge >= 0.3 is 0 Å². The van der Waals surface area contributed by atoms with Crippen molar-refractivity contribution in [3.8, 4) is 0 Å². The van der Waals surface area contributed by atoms with Gasteiger partial charge in [-0.3, -0.25) is 9.59 Å². The lowest BCUT2D eigenvalue weighted by molar-refractivity contribution is -0.862. The van der Waals surface area contributed by atoms with Crippen molar-refractivity contribution in [3.05, 3.63) is 0 Å². The van der Waals surface area contributed by atoms with E-state index in [-0.39, 0.29) is 38.0 Å². The number of nitrogens with zero attached hydrogens (tertiary/aromatic N) is 2. The number of aliphatic hydroxyl groups excluding tert-OH is 2. The van der Waals surface area contributed by atoms with Crippen LogP contribution < -0.4 is 0 Å². The molecule has 0 saturated heterocycles. The van der Waals surface area contributed by atoms with Crippen LogP contribution in [-0.2, 0) is 9.59 Å². The summed E-state index contributed by atoms with van der Waals surface area (Å²) < 4.78 is 0.436. The first-order valence-corrected chi connectivity index (χ1v) is 11.6. The highest BCUT2D eigenvalue weighted by atomic mass is 16.3. The van der Waals surface area contributed by atoms with Crippen molar-refractivity contribution in [3.63, 3.8) is 0 Å². The molecule has 0 aromatic rings. The van der Waals surface area contributed by atoms with E-state index in [1.807, 2.05) is 21.1 Å². The van der Waals surface area contributed by atoms with E-state index < -0.39 is 6.04 Å². The Morgan fingerprint density at radius 3 is 1.72 bits per heavy atom. The summed E-state index contributed by atoms with van der Waals surface area (Å²) in [5.74, 6) is -0.315. The monoisotopic (exact) mass is 415 g/mol. The molecule has 0 aliphatic heterocycles. The molecule has 29 heavy (non-hydrogen) atoms. The lowest BCUT2D eigenvalue weighted by Crippen LogP contribution is -2.53. The number of unbranched alkanes of at least 4 members (excludes halogenated alkanes) is 10. The second-order valence-electron chi connectivity index (χ2n) is 9.21. The Morgan fingerprint density at radius 2 is 1.31 bits per heavy atom. The third-order valence-electron chi connectivity index (χ3n) is 5.22. The van der Waals surface area contributed by atoms with Crippen LogP contribution in [0.15, 0.2) is 0 Å². The van der Waals surface area contributed by atoms with E-state index in [0.29, 0.717) is 10.9 Å². The van der Waals surface area contributed by atoms with Crippen LogP contribution in [0.3, 0.4) is 0 Å². The third-order valence-corrected chi connectivity index (χ3v) is 5.22. The molecule has 6 heteroatoms. The largest absolute Gasteiger partial charge is 0.395 e. The summed E-state index contributed by atoms with van der Waals surface area (Å²) >= 11 is 0. The molecule has 2 N–H and O–H groups in total. The van der Waals surface area contributed by atoms with E-state index in [2.05, 4.69) is 6.92 Å². The van der Waals surface area contributed by atoms with Crippen LogP contribution in [0.2, 0.25) is 0 Å². The molecular formula is C23H47N2O4+. The first kappa shape index (κ1) is 28.0. The normalized spacial score (nSPS) is 12.8. The highest BCUT2D eigenvalue weighted by Gasteiger charge is 2.30. The van der Waals surface area contributed by atoms with Crippen molar-refractivity contribution < 1.29 is 24.3 Å². The van der Waals surface area contributed by atoms with Gasteiger partial charge in [0.2, 0.25) is 0 Å². The molecule has 172 valence electrons. The molecule has 0 aliphatic rings. The summed E-state index contributed by atoms with van der Waals surface area (Å²) in [7, 11) is 5.70. The van der Waals surface area contributed by atoms with E-state index in [0.717, 1.165) is 19.3 Å². The third kappa shape index (κ3) is 14.6. The van der Waals surface area contributed by atoms with Crippen LogP contribution in [0.25, 0.3) is 0 Å². The van der Waals surface area contributed by atoms with E-state index in [1.165, 1.54) is 56.3 Å². The zero-order chi connectivity index (χ0) is 22.1. The van der Waals surface area contributed by atoms with Gasteiger partial charge in [0.15, 0.2) is 12.3 Å². The molecular weight excluding hydrogens is 368 g/mol. The lowest BCUT2D eigenvalue weighted by Gasteiger charge is -2.32. The Kier molecular flexibility index (Phi) is 16.2. The highest BCUT2D eigenvalue weighted by molar-refractivity contribution is 5.89. The van der Waals surface area contributed by atoms with Gasteiger partial charge in [-0.05, 0) is 6.42 Å². The van der Waals surface area contributed by atoms with Gasteiger partial charge in [-0.25, -0.2) is 0 Å². The molecule has 0 aliphatic carbocycles. The molecule has 0 rings (SSSR count). The summed E-state index contributed by atoms with van der Waals surface area (Å²) in [5.41, 5.74) is 0. The average molecular weight is 416 g/mol. The van der Waals surface area contributed by atoms with Crippen LogP contribution in [0.1, 0.15) is 84.0 Å². The van der Waals surface area contributed by atoms with E-state index in [4.69, 9.17) is 0 Å². The minimum Gasteiger partial charge on any atom is -0.395 e. The Labute approximate surface area is 178 Å². The maximum atomic E-state index is 12.6. The SMILES string of the molecule is CCCCCCCCCCCCCC(=O)C(CO)N(CCO)C(=O)C[N+](C)(C)C. The van der Waals surface area contributed by atoms with Crippen molar-refractivity contribution in [1.82, 2.24) is 4.90 Å². The Bertz CT molecular complexity index is 435. The Morgan fingerprint density at radius 1 is 0.828 bits per heavy atom. The number of likely N-dealkylation sites (N-methyl/N-ethyl adjacent to an activating group) is 1. The predicted octanol–water partition coefficient (Wildman–Crippen LogP) is 3.14. The number of hydrogen-bond donors (Lipinski definition) is 2. The Balaban J connectivity index is 4.18. The van der Waals surface area contributed by atoms with Crippen LogP contribution in [0, 0.1) is 0 Å². The quantitative estimate of drug-likeness (QED) is 0.251. The van der Waals surface area contributed by atoms with Crippen molar-refractivity contribution in [2.24, 2.45) is 0 Å². The maximum Gasteiger partial charge on any atom is 0.278 e. The number of rotatable bonds is 19. The fourth-order valence-electron chi connectivity index (χ4n) is 3.56. The van der Waals surface area contributed by atoms with E-state index >= 15 is 0 Å². The zero-order valence-electron chi connectivity index (χ0n) is 19.5. The van der Waals surface area contributed by atoms with E-state index in [1.54, 1.807) is 0 Å². The maximum absolute atomic E-state index is 12.6. The molecule has 0 heterocycles. The molecule has 0 radical (unpaired) electrons. The summed E-state index contributed by atoms with van der Waals surface area (Å²) in [4.78, 5) is 26.5. The number of Topliss-reactive ketones (excluding diaryl/α,β-unsaturated/α-hetero) is 1. The van der Waals surface area contributed by atoms with Gasteiger partial charge in [-0.1, -0.05) is 71.1 Å². The fraction of sp³-hybridized carbons (Fsp3) is 0.913. The van der Waals surface area contributed by atoms with Crippen LogP contribution >= 0.6 is 0 Å². The van der Waals surface area contributed by atoms with Gasteiger partial charge < -0.3 is 19.6 Å². The molecule has 6 nitrogen and oxygen atoms in total. The summed E-state index contributed by atoms with van der Waals surface area (Å²) in [5, 5.41) is 19.0. The van der Waals surface area contributed by atoms with Crippen LogP contribution in [0.4, 0.5) is 0 Å². The number of quaternary nitrogens is 1. The standard InChI is InChI=1S/C23H47N2O4/c1-5-6-7-8-9-10-11-12-13-14-15-16-22(28)21(20-27)24(17-18-26)23(29)19-25(2,3)4/h21,26-27H,5-20H2,1-4H3/q+1. The topological polar surface area (TPSA) is 77.8 Å². The van der Waals surface area contributed by atoms with Gasteiger partial charge in [0.25, 0.3) is 5.91 Å². The van der Waals surface area contributed by atoms with E-state index in [9.17, 15) is 19.8 Å². The Hall–Kier alpha value is -0.980.